The van der Waals surface area contributed by atoms with Gasteiger partial charge >= 0.3 is 12.0 Å². The molecular weight excluding hydrogens is 570 g/mol. The molecule has 2 unspecified atom stereocenters. The van der Waals surface area contributed by atoms with Crippen molar-refractivity contribution in [1.82, 2.24) is 15.6 Å². The van der Waals surface area contributed by atoms with Crippen LogP contribution in [0.1, 0.15) is 42.6 Å². The monoisotopic (exact) mass is 601 g/mol. The molecule has 1 saturated heterocycles. The maximum Gasteiger partial charge on any atom is 0.329 e. The Hall–Kier alpha value is -4.88. The van der Waals surface area contributed by atoms with E-state index in [0.717, 1.165) is 40.9 Å². The third-order valence-electron chi connectivity index (χ3n) is 8.03. The normalized spacial score (nSPS) is 22.0. The fourth-order valence-corrected chi connectivity index (χ4v) is 5.90. The highest BCUT2D eigenvalue weighted by Gasteiger charge is 2.44. The summed E-state index contributed by atoms with van der Waals surface area (Å²) in [5.74, 6) is -2.82. The van der Waals surface area contributed by atoms with Crippen molar-refractivity contribution in [1.29, 1.82) is 0 Å². The van der Waals surface area contributed by atoms with E-state index in [-0.39, 0.29) is 36.1 Å². The first kappa shape index (κ1) is 29.2. The molecule has 0 radical (unpaired) electrons. The summed E-state index contributed by atoms with van der Waals surface area (Å²) in [6, 6.07) is 11.9. The number of imide groups is 1. The quantitative estimate of drug-likeness (QED) is 0.358. The molecule has 6 rings (SSSR count). The molecule has 5 amide bonds. The molecule has 3 aromatic rings. The molecule has 1 saturated carbocycles. The van der Waals surface area contributed by atoms with Crippen molar-refractivity contribution in [2.45, 2.75) is 56.6 Å². The summed E-state index contributed by atoms with van der Waals surface area (Å²) in [5.41, 5.74) is 0.283. The number of fused-ring (bicyclic) bond motifs is 2. The number of rotatable bonds is 6. The van der Waals surface area contributed by atoms with E-state index in [9.17, 15) is 29.1 Å². The van der Waals surface area contributed by atoms with Gasteiger partial charge in [0.05, 0.1) is 30.4 Å². The number of carbonyl (C=O) groups is 5. The highest BCUT2D eigenvalue weighted by Crippen LogP contribution is 2.34. The van der Waals surface area contributed by atoms with Gasteiger partial charge in [-0.15, -0.1) is 0 Å². The lowest BCUT2D eigenvalue weighted by Crippen LogP contribution is -2.57. The maximum absolute atomic E-state index is 14.1. The van der Waals surface area contributed by atoms with Crippen molar-refractivity contribution in [3.63, 3.8) is 0 Å². The summed E-state index contributed by atoms with van der Waals surface area (Å²) in [5, 5.41) is 16.4. The van der Waals surface area contributed by atoms with Gasteiger partial charge in [-0.2, -0.15) is 0 Å². The Labute approximate surface area is 252 Å². The molecule has 13 heteroatoms. The number of nitrogens with one attached hydrogen (secondary N) is 2. The van der Waals surface area contributed by atoms with Crippen molar-refractivity contribution in [2.24, 2.45) is 0 Å². The van der Waals surface area contributed by atoms with E-state index in [1.54, 1.807) is 30.3 Å². The van der Waals surface area contributed by atoms with E-state index in [1.807, 2.05) is 12.1 Å². The molecule has 1 aromatic heterocycles. The predicted octanol–water partition coefficient (Wildman–Crippen LogP) is 2.02. The van der Waals surface area contributed by atoms with Crippen LogP contribution in [0.2, 0.25) is 0 Å². The number of nitrogens with zero attached hydrogens (tertiary/aromatic N) is 3. The first-order valence-corrected chi connectivity index (χ1v) is 14.5. The molecule has 0 spiro atoms. The zero-order valence-electron chi connectivity index (χ0n) is 23.7. The Morgan fingerprint density at radius 1 is 0.977 bits per heavy atom. The van der Waals surface area contributed by atoms with Crippen LogP contribution >= 0.6 is 0 Å². The van der Waals surface area contributed by atoms with Crippen LogP contribution in [-0.2, 0) is 23.9 Å². The number of carbonyl (C=O) groups excluding carboxylic acids is 5. The fourth-order valence-electron chi connectivity index (χ4n) is 5.90. The van der Waals surface area contributed by atoms with Crippen LogP contribution in [0, 0.1) is 0 Å². The zero-order valence-corrected chi connectivity index (χ0v) is 23.7. The summed E-state index contributed by atoms with van der Waals surface area (Å²) >= 11 is 0. The molecule has 3 atom stereocenters. The number of cyclic esters (lactones) is 1. The molecular formula is C31H31N5O8. The van der Waals surface area contributed by atoms with Crippen molar-refractivity contribution < 1.29 is 38.6 Å². The Bertz CT molecular complexity index is 1620. The van der Waals surface area contributed by atoms with E-state index in [4.69, 9.17) is 9.47 Å². The molecule has 0 bridgehead atoms. The van der Waals surface area contributed by atoms with E-state index in [0.29, 0.717) is 5.39 Å². The molecule has 3 heterocycles. The van der Waals surface area contributed by atoms with E-state index >= 15 is 0 Å². The van der Waals surface area contributed by atoms with Gasteiger partial charge in [0, 0.05) is 11.6 Å². The molecule has 2 aromatic carbocycles. The van der Waals surface area contributed by atoms with Gasteiger partial charge < -0.3 is 30.1 Å². The number of aromatic nitrogens is 1. The van der Waals surface area contributed by atoms with Crippen molar-refractivity contribution in [3.8, 4) is 0 Å². The Kier molecular flexibility index (Phi) is 8.22. The summed E-state index contributed by atoms with van der Waals surface area (Å²) < 4.78 is 11.3. The standard InChI is InChI=1S/C31H31N5O8/c37-17-25(38)35-16-22(33-28(40)27-20-10-4-1-7-18(20)13-14-32-27)29(41)36(24-12-6-5-11-23(24)35)31(42)34-21-15-26(39)44-30(21)43-19-8-2-3-9-19/h1,4-7,10-14,19,21-22,30,37H,2-3,8-9,15-17H2,(H,33,40)(H,34,42)/t21-,22?,30?/m0/s1. The topological polar surface area (TPSA) is 167 Å². The molecule has 3 aliphatic rings. The van der Waals surface area contributed by atoms with Crippen LogP contribution in [0.5, 0.6) is 0 Å². The number of esters is 1. The van der Waals surface area contributed by atoms with Crippen molar-refractivity contribution in [2.75, 3.05) is 23.0 Å². The van der Waals surface area contributed by atoms with Crippen LogP contribution in [-0.4, -0.2) is 77.4 Å². The molecule has 44 heavy (non-hydrogen) atoms. The van der Waals surface area contributed by atoms with Crippen molar-refractivity contribution in [3.05, 3.63) is 66.5 Å². The predicted molar refractivity (Wildman–Crippen MR) is 157 cm³/mol. The minimum Gasteiger partial charge on any atom is -0.433 e. The number of hydrogen-bond donors (Lipinski definition) is 3. The van der Waals surface area contributed by atoms with Crippen molar-refractivity contribution >= 4 is 51.9 Å². The lowest BCUT2D eigenvalue weighted by Gasteiger charge is -2.27. The fraction of sp³-hybridized carbons (Fsp3) is 0.355. The molecule has 228 valence electrons. The minimum absolute atomic E-state index is 0.0512. The molecule has 2 fully saturated rings. The number of aliphatic hydroxyl groups is 1. The summed E-state index contributed by atoms with van der Waals surface area (Å²) in [6.07, 6.45) is 3.80. The third-order valence-corrected chi connectivity index (χ3v) is 8.03. The SMILES string of the molecule is O=C1C[C@H](NC(=O)N2C(=O)C(NC(=O)c3nccc4ccccc34)CN(C(=O)CO)c3ccccc32)C(OC2CCCC2)O1. The highest BCUT2D eigenvalue weighted by atomic mass is 16.7. The third kappa shape index (κ3) is 5.71. The van der Waals surface area contributed by atoms with Gasteiger partial charge in [0.1, 0.15) is 24.4 Å². The number of amides is 5. The lowest BCUT2D eigenvalue weighted by molar-refractivity contribution is -0.174. The maximum atomic E-state index is 14.1. The van der Waals surface area contributed by atoms with Gasteiger partial charge in [-0.05, 0) is 36.4 Å². The zero-order chi connectivity index (χ0) is 30.8. The van der Waals surface area contributed by atoms with E-state index < -0.39 is 54.7 Å². The van der Waals surface area contributed by atoms with E-state index in [2.05, 4.69) is 15.6 Å². The molecule has 2 aliphatic heterocycles. The van der Waals surface area contributed by atoms with Gasteiger partial charge in [-0.25, -0.2) is 9.69 Å². The number of anilines is 2. The molecule has 13 nitrogen and oxygen atoms in total. The van der Waals surface area contributed by atoms with Gasteiger partial charge in [-0.3, -0.25) is 24.2 Å². The van der Waals surface area contributed by atoms with Gasteiger partial charge in [0.15, 0.2) is 0 Å². The van der Waals surface area contributed by atoms with Crippen LogP contribution in [0.25, 0.3) is 10.8 Å². The van der Waals surface area contributed by atoms with Crippen LogP contribution in [0.4, 0.5) is 16.2 Å². The average Bonchev–Trinajstić information content (AvgIpc) is 3.65. The Morgan fingerprint density at radius 3 is 2.48 bits per heavy atom. The second kappa shape index (κ2) is 12.4. The van der Waals surface area contributed by atoms with Crippen LogP contribution in [0.15, 0.2) is 60.8 Å². The van der Waals surface area contributed by atoms with Gasteiger partial charge in [0.2, 0.25) is 6.29 Å². The van der Waals surface area contributed by atoms with E-state index in [1.165, 1.54) is 18.3 Å². The molecule has 1 aliphatic carbocycles. The Morgan fingerprint density at radius 2 is 1.70 bits per heavy atom. The van der Waals surface area contributed by atoms with Gasteiger partial charge in [0.25, 0.3) is 17.7 Å². The first-order chi connectivity index (χ1) is 21.3. The number of aliphatic hydroxyl groups excluding tert-OH is 1. The number of ether oxygens (including phenoxy) is 2. The first-order valence-electron chi connectivity index (χ1n) is 14.5. The number of pyridine rings is 1. The number of urea groups is 1. The van der Waals surface area contributed by atoms with Crippen LogP contribution in [0.3, 0.4) is 0 Å². The van der Waals surface area contributed by atoms with Gasteiger partial charge in [-0.1, -0.05) is 49.2 Å². The smallest absolute Gasteiger partial charge is 0.329 e. The van der Waals surface area contributed by atoms with Crippen LogP contribution < -0.4 is 20.4 Å². The highest BCUT2D eigenvalue weighted by molar-refractivity contribution is 6.21. The second-order valence-electron chi connectivity index (χ2n) is 10.9. The summed E-state index contributed by atoms with van der Waals surface area (Å²) in [7, 11) is 0. The minimum atomic E-state index is -1.41. The second-order valence-corrected chi connectivity index (χ2v) is 10.9. The Balaban J connectivity index is 1.32. The summed E-state index contributed by atoms with van der Waals surface area (Å²) in [4.78, 5) is 72.9. The lowest BCUT2D eigenvalue weighted by atomic mass is 10.1. The average molecular weight is 602 g/mol. The largest absolute Gasteiger partial charge is 0.433 e. The number of hydrogen-bond acceptors (Lipinski definition) is 9. The number of benzene rings is 2. The summed E-state index contributed by atoms with van der Waals surface area (Å²) in [6.45, 7) is -1.24. The number of para-hydroxylation sites is 2. The molecule has 3 N–H and O–H groups in total.